The molecular formula is C23H20BrCl2F3N2O2. The molecule has 176 valence electrons. The first-order valence-electron chi connectivity index (χ1n) is 10.2. The highest BCUT2D eigenvalue weighted by molar-refractivity contribution is 9.10. The number of halogens is 6. The zero-order chi connectivity index (χ0) is 24.1. The summed E-state index contributed by atoms with van der Waals surface area (Å²) in [5.74, 6) is 0.210. The fourth-order valence-corrected chi connectivity index (χ4v) is 5.04. The van der Waals surface area contributed by atoms with E-state index in [1.54, 1.807) is 30.1 Å². The van der Waals surface area contributed by atoms with E-state index in [4.69, 9.17) is 28.0 Å². The van der Waals surface area contributed by atoms with Gasteiger partial charge in [0.1, 0.15) is 0 Å². The van der Waals surface area contributed by atoms with Crippen LogP contribution in [-0.4, -0.2) is 24.0 Å². The zero-order valence-electron chi connectivity index (χ0n) is 17.7. The van der Waals surface area contributed by atoms with Crippen LogP contribution >= 0.6 is 39.1 Å². The van der Waals surface area contributed by atoms with Gasteiger partial charge in [0.15, 0.2) is 0 Å². The van der Waals surface area contributed by atoms with Gasteiger partial charge in [-0.2, -0.15) is 13.2 Å². The van der Waals surface area contributed by atoms with E-state index in [9.17, 15) is 18.0 Å². The molecule has 1 saturated carbocycles. The first kappa shape index (κ1) is 24.4. The lowest BCUT2D eigenvalue weighted by Crippen LogP contribution is -2.44. The van der Waals surface area contributed by atoms with Gasteiger partial charge in [-0.15, -0.1) is 0 Å². The first-order valence-corrected chi connectivity index (χ1v) is 11.7. The Labute approximate surface area is 207 Å². The summed E-state index contributed by atoms with van der Waals surface area (Å²) in [5, 5.41) is 0.144. The average Bonchev–Trinajstić information content (AvgIpc) is 3.50. The van der Waals surface area contributed by atoms with Crippen LogP contribution in [0.5, 0.6) is 0 Å². The van der Waals surface area contributed by atoms with Gasteiger partial charge in [0.25, 0.3) is 0 Å². The Bertz CT molecular complexity index is 1130. The van der Waals surface area contributed by atoms with Gasteiger partial charge in [-0.3, -0.25) is 15.1 Å². The van der Waals surface area contributed by atoms with Gasteiger partial charge < -0.3 is 4.90 Å². The predicted octanol–water partition coefficient (Wildman–Crippen LogP) is 6.85. The summed E-state index contributed by atoms with van der Waals surface area (Å²) in [4.78, 5) is 19.1. The van der Waals surface area contributed by atoms with Crippen LogP contribution in [-0.2, 0) is 21.8 Å². The molecule has 0 saturated heterocycles. The van der Waals surface area contributed by atoms with E-state index >= 15 is 0 Å². The summed E-state index contributed by atoms with van der Waals surface area (Å²) in [5.41, 5.74) is 0.964. The Kier molecular flexibility index (Phi) is 6.50. The molecule has 4 nitrogen and oxygen atoms in total. The largest absolute Gasteiger partial charge is 0.428 e. The molecule has 0 radical (unpaired) electrons. The number of hydroxylamine groups is 1. The normalized spacial score (nSPS) is 20.7. The lowest BCUT2D eigenvalue weighted by Gasteiger charge is -2.31. The number of amides is 1. The van der Waals surface area contributed by atoms with E-state index in [-0.39, 0.29) is 38.7 Å². The molecule has 4 rings (SSSR count). The van der Waals surface area contributed by atoms with E-state index in [0.29, 0.717) is 16.6 Å². The fourth-order valence-electron chi connectivity index (χ4n) is 4.01. The molecule has 2 aliphatic rings. The number of nitrogens with one attached hydrogen (secondary N) is 1. The summed E-state index contributed by atoms with van der Waals surface area (Å²) in [6, 6.07) is 8.93. The summed E-state index contributed by atoms with van der Waals surface area (Å²) in [7, 11) is 1.74. The molecule has 1 aliphatic carbocycles. The van der Waals surface area contributed by atoms with E-state index in [2.05, 4.69) is 21.4 Å². The Balaban J connectivity index is 1.70. The highest BCUT2D eigenvalue weighted by atomic mass is 79.9. The van der Waals surface area contributed by atoms with Gasteiger partial charge in [-0.05, 0) is 49.6 Å². The monoisotopic (exact) mass is 562 g/mol. The Morgan fingerprint density at radius 1 is 1.21 bits per heavy atom. The minimum Gasteiger partial charge on any atom is -0.341 e. The predicted molar refractivity (Wildman–Crippen MR) is 124 cm³/mol. The molecule has 2 aromatic carbocycles. The number of hydrogen-bond acceptors (Lipinski definition) is 3. The summed E-state index contributed by atoms with van der Waals surface area (Å²) in [6.45, 7) is 1.76. The van der Waals surface area contributed by atoms with Gasteiger partial charge in [0.2, 0.25) is 11.5 Å². The van der Waals surface area contributed by atoms with Crippen molar-refractivity contribution in [1.29, 1.82) is 0 Å². The molecule has 1 unspecified atom stereocenters. The molecule has 2 aromatic rings. The summed E-state index contributed by atoms with van der Waals surface area (Å²) in [6.07, 6.45) is -2.95. The maximum absolute atomic E-state index is 14.4. The molecule has 0 spiro atoms. The second kappa shape index (κ2) is 8.80. The van der Waals surface area contributed by atoms with Gasteiger partial charge in [-0.25, -0.2) is 0 Å². The second-order valence-electron chi connectivity index (χ2n) is 8.32. The minimum absolute atomic E-state index is 0.0722. The molecule has 10 heteroatoms. The number of hydrogen-bond donors (Lipinski definition) is 1. The van der Waals surface area contributed by atoms with Gasteiger partial charge in [0, 0.05) is 50.7 Å². The van der Waals surface area contributed by atoms with Crippen LogP contribution in [0.15, 0.2) is 46.4 Å². The molecule has 1 fully saturated rings. The number of carbonyl (C=O) groups is 1. The SMILES string of the molecule is CC1=C(c2ccc(CN(C)C(=O)C3CC3)c(Br)c2)NOC1(c1cc(Cl)cc(Cl)c1)C(F)(F)F. The van der Waals surface area contributed by atoms with Crippen molar-refractivity contribution in [3.05, 3.63) is 73.2 Å². The third-order valence-corrected chi connectivity index (χ3v) is 7.10. The van der Waals surface area contributed by atoms with Crippen molar-refractivity contribution in [1.82, 2.24) is 10.4 Å². The Morgan fingerprint density at radius 3 is 2.39 bits per heavy atom. The van der Waals surface area contributed by atoms with Crippen molar-refractivity contribution in [3.63, 3.8) is 0 Å². The Hall–Kier alpha value is -1.74. The van der Waals surface area contributed by atoms with E-state index in [1.165, 1.54) is 25.1 Å². The Morgan fingerprint density at radius 2 is 1.85 bits per heavy atom. The number of rotatable bonds is 5. The topological polar surface area (TPSA) is 41.6 Å². The van der Waals surface area contributed by atoms with Crippen molar-refractivity contribution in [3.8, 4) is 0 Å². The van der Waals surface area contributed by atoms with Crippen LogP contribution in [0, 0.1) is 5.92 Å². The standard InChI is InChI=1S/C23H20BrCl2F3N2O2/c1-12-20(14-5-6-15(19(24)7-14)11-31(2)21(32)13-3-4-13)30-33-22(12,23(27,28)29)16-8-17(25)10-18(26)9-16/h5-10,13,30H,3-4,11H2,1-2H3. The lowest BCUT2D eigenvalue weighted by atomic mass is 9.84. The van der Waals surface area contributed by atoms with Crippen molar-refractivity contribution in [2.45, 2.75) is 38.1 Å². The van der Waals surface area contributed by atoms with Gasteiger partial charge in [-0.1, -0.05) is 51.3 Å². The number of alkyl halides is 3. The van der Waals surface area contributed by atoms with Crippen molar-refractivity contribution >= 4 is 50.7 Å². The lowest BCUT2D eigenvalue weighted by molar-refractivity contribution is -0.273. The van der Waals surface area contributed by atoms with Crippen LogP contribution in [0.25, 0.3) is 5.70 Å². The molecule has 1 amide bonds. The van der Waals surface area contributed by atoms with Crippen LogP contribution in [0.4, 0.5) is 13.2 Å². The third kappa shape index (κ3) is 4.50. The quantitative estimate of drug-likeness (QED) is 0.432. The van der Waals surface area contributed by atoms with E-state index < -0.39 is 11.8 Å². The molecule has 1 atom stereocenters. The fraction of sp³-hybridized carbons (Fsp3) is 0.348. The number of benzene rings is 2. The van der Waals surface area contributed by atoms with Crippen LogP contribution in [0.3, 0.4) is 0 Å². The van der Waals surface area contributed by atoms with Gasteiger partial charge in [0.05, 0.1) is 5.70 Å². The van der Waals surface area contributed by atoms with Crippen molar-refractivity contribution < 1.29 is 22.8 Å². The second-order valence-corrected chi connectivity index (χ2v) is 10.0. The molecule has 0 bridgehead atoms. The van der Waals surface area contributed by atoms with Crippen LogP contribution in [0.1, 0.15) is 36.5 Å². The molecule has 33 heavy (non-hydrogen) atoms. The molecule has 1 aliphatic heterocycles. The molecule has 0 aromatic heterocycles. The van der Waals surface area contributed by atoms with Crippen molar-refractivity contribution in [2.75, 3.05) is 7.05 Å². The molecule has 1 heterocycles. The maximum atomic E-state index is 14.4. The highest BCUT2D eigenvalue weighted by Crippen LogP contribution is 2.52. The number of nitrogens with zero attached hydrogens (tertiary/aromatic N) is 1. The molecule has 1 N–H and O–H groups in total. The first-order chi connectivity index (χ1) is 15.4. The minimum atomic E-state index is -4.79. The smallest absolute Gasteiger partial charge is 0.341 e. The van der Waals surface area contributed by atoms with Gasteiger partial charge >= 0.3 is 6.18 Å². The summed E-state index contributed by atoms with van der Waals surface area (Å²) < 4.78 is 43.9. The number of carbonyl (C=O) groups excluding carboxylic acids is 1. The third-order valence-electron chi connectivity index (χ3n) is 5.93. The summed E-state index contributed by atoms with van der Waals surface area (Å²) >= 11 is 15.5. The molecular weight excluding hydrogens is 544 g/mol. The van der Waals surface area contributed by atoms with Crippen LogP contribution < -0.4 is 5.48 Å². The van der Waals surface area contributed by atoms with E-state index in [1.807, 2.05) is 0 Å². The van der Waals surface area contributed by atoms with Crippen LogP contribution in [0.2, 0.25) is 10.0 Å². The average molecular weight is 564 g/mol. The van der Waals surface area contributed by atoms with Crippen molar-refractivity contribution in [2.24, 2.45) is 5.92 Å². The maximum Gasteiger partial charge on any atom is 0.428 e. The van der Waals surface area contributed by atoms with E-state index in [0.717, 1.165) is 18.4 Å². The zero-order valence-corrected chi connectivity index (χ0v) is 20.8. The highest BCUT2D eigenvalue weighted by Gasteiger charge is 2.63.